The number of benzene rings is 1. The number of nitrogens with one attached hydrogen (secondary N) is 1. The predicted octanol–water partition coefficient (Wildman–Crippen LogP) is 2.70. The molecule has 0 unspecified atom stereocenters. The van der Waals surface area contributed by atoms with Crippen LogP contribution in [-0.2, 0) is 9.59 Å². The lowest BCUT2D eigenvalue weighted by atomic mass is 10.0. The third kappa shape index (κ3) is 5.23. The fraction of sp³-hybridized carbons (Fsp3) is 0.333. The van der Waals surface area contributed by atoms with Crippen LogP contribution in [0.5, 0.6) is 5.75 Å². The maximum Gasteiger partial charge on any atom is 0.326 e. The van der Waals surface area contributed by atoms with Gasteiger partial charge in [-0.3, -0.25) is 4.79 Å². The number of carboxylic acid groups (broad SMARTS) is 1. The summed E-state index contributed by atoms with van der Waals surface area (Å²) in [5.41, 5.74) is 0.800. The first-order chi connectivity index (χ1) is 9.85. The van der Waals surface area contributed by atoms with Gasteiger partial charge in [-0.1, -0.05) is 19.9 Å². The minimum atomic E-state index is -1.04. The van der Waals surface area contributed by atoms with Crippen LogP contribution in [0.4, 0.5) is 0 Å². The van der Waals surface area contributed by atoms with Crippen molar-refractivity contribution >= 4 is 33.9 Å². The zero-order valence-electron chi connectivity index (χ0n) is 12.1. The summed E-state index contributed by atoms with van der Waals surface area (Å²) < 4.78 is 5.89. The number of carbonyl (C=O) groups is 2. The van der Waals surface area contributed by atoms with E-state index in [1.165, 1.54) is 6.08 Å². The van der Waals surface area contributed by atoms with Crippen molar-refractivity contribution in [2.75, 3.05) is 7.11 Å². The Morgan fingerprint density at radius 2 is 2.05 bits per heavy atom. The van der Waals surface area contributed by atoms with Gasteiger partial charge in [0.05, 0.1) is 11.6 Å². The zero-order chi connectivity index (χ0) is 16.0. The van der Waals surface area contributed by atoms with Crippen molar-refractivity contribution in [1.82, 2.24) is 5.32 Å². The number of halogens is 1. The van der Waals surface area contributed by atoms with Gasteiger partial charge < -0.3 is 15.2 Å². The summed E-state index contributed by atoms with van der Waals surface area (Å²) >= 11 is 3.36. The summed E-state index contributed by atoms with van der Waals surface area (Å²) in [5.74, 6) is -0.973. The molecule has 0 aliphatic heterocycles. The van der Waals surface area contributed by atoms with E-state index in [1.54, 1.807) is 45.2 Å². The second kappa shape index (κ2) is 7.83. The molecular formula is C15H18BrNO4. The Morgan fingerprint density at radius 1 is 1.38 bits per heavy atom. The van der Waals surface area contributed by atoms with Gasteiger partial charge in [0, 0.05) is 6.08 Å². The van der Waals surface area contributed by atoms with Crippen LogP contribution in [0.15, 0.2) is 28.7 Å². The van der Waals surface area contributed by atoms with Crippen LogP contribution in [-0.4, -0.2) is 30.1 Å². The van der Waals surface area contributed by atoms with Crippen LogP contribution in [0, 0.1) is 5.92 Å². The molecule has 0 aromatic heterocycles. The second-order valence-electron chi connectivity index (χ2n) is 4.80. The van der Waals surface area contributed by atoms with E-state index in [4.69, 9.17) is 9.84 Å². The van der Waals surface area contributed by atoms with Crippen LogP contribution in [0.25, 0.3) is 6.08 Å². The Labute approximate surface area is 132 Å². The summed E-state index contributed by atoms with van der Waals surface area (Å²) in [4.78, 5) is 22.8. The van der Waals surface area contributed by atoms with E-state index >= 15 is 0 Å². The maximum absolute atomic E-state index is 11.7. The third-order valence-electron chi connectivity index (χ3n) is 2.83. The van der Waals surface area contributed by atoms with Gasteiger partial charge in [-0.25, -0.2) is 4.79 Å². The average Bonchev–Trinajstić information content (AvgIpc) is 2.42. The fourth-order valence-electron chi connectivity index (χ4n) is 1.67. The van der Waals surface area contributed by atoms with Gasteiger partial charge in [-0.05, 0) is 45.6 Å². The van der Waals surface area contributed by atoms with Crippen molar-refractivity contribution in [3.63, 3.8) is 0 Å². The number of carbonyl (C=O) groups excluding carboxylic acids is 1. The van der Waals surface area contributed by atoms with Crippen LogP contribution in [0.2, 0.25) is 0 Å². The van der Waals surface area contributed by atoms with Gasteiger partial charge >= 0.3 is 5.97 Å². The molecule has 0 heterocycles. The molecule has 1 atom stereocenters. The summed E-state index contributed by atoms with van der Waals surface area (Å²) in [5, 5.41) is 11.5. The van der Waals surface area contributed by atoms with Gasteiger partial charge in [-0.15, -0.1) is 0 Å². The molecule has 0 bridgehead atoms. The van der Waals surface area contributed by atoms with Crippen molar-refractivity contribution in [2.45, 2.75) is 19.9 Å². The molecule has 21 heavy (non-hydrogen) atoms. The standard InChI is InChI=1S/C15H18BrNO4/c1-9(2)14(15(19)20)17-13(18)7-5-10-4-6-12(21-3)11(16)8-10/h4-9,14H,1-3H3,(H,17,18)(H,19,20)/b7-5+/t14-/m1/s1. The highest BCUT2D eigenvalue weighted by molar-refractivity contribution is 9.10. The van der Waals surface area contributed by atoms with Gasteiger partial charge in [0.15, 0.2) is 0 Å². The van der Waals surface area contributed by atoms with Crippen molar-refractivity contribution in [1.29, 1.82) is 0 Å². The van der Waals surface area contributed by atoms with E-state index < -0.39 is 17.9 Å². The number of methoxy groups -OCH3 is 1. The number of carboxylic acids is 1. The molecule has 0 fully saturated rings. The molecule has 1 amide bonds. The van der Waals surface area contributed by atoms with E-state index in [0.717, 1.165) is 10.0 Å². The zero-order valence-corrected chi connectivity index (χ0v) is 13.7. The first-order valence-corrected chi connectivity index (χ1v) is 7.19. The quantitative estimate of drug-likeness (QED) is 0.769. The maximum atomic E-state index is 11.7. The van der Waals surface area contributed by atoms with Crippen LogP contribution in [0.3, 0.4) is 0 Å². The van der Waals surface area contributed by atoms with Crippen molar-refractivity contribution in [3.05, 3.63) is 34.3 Å². The Bertz CT molecular complexity index is 555. The van der Waals surface area contributed by atoms with Crippen molar-refractivity contribution < 1.29 is 19.4 Å². The topological polar surface area (TPSA) is 75.6 Å². The number of ether oxygens (including phenoxy) is 1. The summed E-state index contributed by atoms with van der Waals surface area (Å²) in [6, 6.07) is 4.48. The molecular weight excluding hydrogens is 338 g/mol. The molecule has 0 aliphatic rings. The number of hydrogen-bond donors (Lipinski definition) is 2. The van der Waals surface area contributed by atoms with Gasteiger partial charge in [0.25, 0.3) is 0 Å². The Morgan fingerprint density at radius 3 is 2.52 bits per heavy atom. The summed E-state index contributed by atoms with van der Waals surface area (Å²) in [7, 11) is 1.57. The molecule has 0 radical (unpaired) electrons. The molecule has 0 aliphatic carbocycles. The van der Waals surface area contributed by atoms with E-state index in [0.29, 0.717) is 5.75 Å². The third-order valence-corrected chi connectivity index (χ3v) is 3.45. The lowest BCUT2D eigenvalue weighted by molar-refractivity contribution is -0.142. The Kier molecular flexibility index (Phi) is 6.42. The molecule has 6 heteroatoms. The molecule has 114 valence electrons. The molecule has 0 spiro atoms. The molecule has 0 saturated heterocycles. The van der Waals surface area contributed by atoms with Crippen molar-refractivity contribution in [3.8, 4) is 5.75 Å². The summed E-state index contributed by atoms with van der Waals surface area (Å²) in [6.45, 7) is 3.48. The lowest BCUT2D eigenvalue weighted by Gasteiger charge is -2.16. The predicted molar refractivity (Wildman–Crippen MR) is 84.1 cm³/mol. The highest BCUT2D eigenvalue weighted by Gasteiger charge is 2.22. The van der Waals surface area contributed by atoms with E-state index in [2.05, 4.69) is 21.2 Å². The van der Waals surface area contributed by atoms with Gasteiger partial charge in [0.1, 0.15) is 11.8 Å². The average molecular weight is 356 g/mol. The Hall–Kier alpha value is -1.82. The largest absolute Gasteiger partial charge is 0.496 e. The fourth-order valence-corrected chi connectivity index (χ4v) is 2.23. The number of amides is 1. The first kappa shape index (κ1) is 17.2. The monoisotopic (exact) mass is 355 g/mol. The van der Waals surface area contributed by atoms with Gasteiger partial charge in [0.2, 0.25) is 5.91 Å². The Balaban J connectivity index is 2.74. The number of hydrogen-bond acceptors (Lipinski definition) is 3. The van der Waals surface area contributed by atoms with Crippen LogP contribution in [0.1, 0.15) is 19.4 Å². The molecule has 1 aromatic rings. The lowest BCUT2D eigenvalue weighted by Crippen LogP contribution is -2.43. The highest BCUT2D eigenvalue weighted by Crippen LogP contribution is 2.25. The minimum Gasteiger partial charge on any atom is -0.496 e. The molecule has 1 rings (SSSR count). The molecule has 2 N–H and O–H groups in total. The van der Waals surface area contributed by atoms with E-state index in [1.807, 2.05) is 0 Å². The van der Waals surface area contributed by atoms with E-state index in [9.17, 15) is 9.59 Å². The van der Waals surface area contributed by atoms with Crippen LogP contribution >= 0.6 is 15.9 Å². The second-order valence-corrected chi connectivity index (χ2v) is 5.65. The van der Waals surface area contributed by atoms with Crippen LogP contribution < -0.4 is 10.1 Å². The molecule has 0 saturated carbocycles. The van der Waals surface area contributed by atoms with E-state index in [-0.39, 0.29) is 5.92 Å². The first-order valence-electron chi connectivity index (χ1n) is 6.40. The van der Waals surface area contributed by atoms with Gasteiger partial charge in [-0.2, -0.15) is 0 Å². The normalized spacial score (nSPS) is 12.4. The number of rotatable bonds is 6. The SMILES string of the molecule is COc1ccc(/C=C/C(=O)N[C@@H](C(=O)O)C(C)C)cc1Br. The highest BCUT2D eigenvalue weighted by atomic mass is 79.9. The number of aliphatic carboxylic acids is 1. The smallest absolute Gasteiger partial charge is 0.326 e. The van der Waals surface area contributed by atoms with Crippen molar-refractivity contribution in [2.24, 2.45) is 5.92 Å². The molecule has 1 aromatic carbocycles. The summed E-state index contributed by atoms with van der Waals surface area (Å²) in [6.07, 6.45) is 2.92. The molecule has 5 nitrogen and oxygen atoms in total. The minimum absolute atomic E-state index is 0.185.